The predicted molar refractivity (Wildman–Crippen MR) is 133 cm³/mol. The molecule has 0 unspecified atom stereocenters. The summed E-state index contributed by atoms with van der Waals surface area (Å²) in [5.41, 5.74) is 3.00. The molecular weight excluding hydrogens is 428 g/mol. The standard InChI is InChI=1S/C28H32N2O4/c1-21(31)30(20-24-12-8-5-9-13-24)25(18-22-10-6-4-7-11-22)28(32)29-17-16-23-14-15-26(33-2)27(19-23)34-3/h4-15,19,25H,16-18,20H2,1-3H3,(H,29,32)/t25-/m0/s1. The van der Waals surface area contributed by atoms with Gasteiger partial charge in [0.15, 0.2) is 11.5 Å². The molecule has 3 aromatic rings. The zero-order valence-corrected chi connectivity index (χ0v) is 20.0. The van der Waals surface area contributed by atoms with Crippen molar-refractivity contribution in [2.45, 2.75) is 32.4 Å². The molecule has 3 rings (SSSR count). The predicted octanol–water partition coefficient (Wildman–Crippen LogP) is 4.02. The number of amides is 2. The third-order valence-electron chi connectivity index (χ3n) is 5.71. The second kappa shape index (κ2) is 12.4. The Balaban J connectivity index is 1.74. The van der Waals surface area contributed by atoms with Gasteiger partial charge < -0.3 is 19.7 Å². The number of benzene rings is 3. The zero-order chi connectivity index (χ0) is 24.3. The van der Waals surface area contributed by atoms with Crippen molar-refractivity contribution in [2.75, 3.05) is 20.8 Å². The SMILES string of the molecule is COc1ccc(CCNC(=O)[C@H](Cc2ccccc2)N(Cc2ccccc2)C(C)=O)cc1OC. The Labute approximate surface area is 201 Å². The van der Waals surface area contributed by atoms with Crippen LogP contribution in [-0.2, 0) is 29.0 Å². The average Bonchev–Trinajstić information content (AvgIpc) is 2.87. The fourth-order valence-corrected chi connectivity index (χ4v) is 3.89. The molecular formula is C28H32N2O4. The molecule has 6 nitrogen and oxygen atoms in total. The van der Waals surface area contributed by atoms with E-state index in [0.29, 0.717) is 37.4 Å². The molecule has 6 heteroatoms. The number of nitrogens with zero attached hydrogens (tertiary/aromatic N) is 1. The quantitative estimate of drug-likeness (QED) is 0.469. The summed E-state index contributed by atoms with van der Waals surface area (Å²) in [6.07, 6.45) is 1.07. The van der Waals surface area contributed by atoms with Crippen molar-refractivity contribution in [2.24, 2.45) is 0 Å². The molecule has 0 aliphatic rings. The molecule has 0 fully saturated rings. The Bertz CT molecular complexity index is 1070. The van der Waals surface area contributed by atoms with Crippen LogP contribution in [0.15, 0.2) is 78.9 Å². The van der Waals surface area contributed by atoms with Gasteiger partial charge in [-0.25, -0.2) is 0 Å². The Hall–Kier alpha value is -3.80. The maximum atomic E-state index is 13.3. The van der Waals surface area contributed by atoms with E-state index in [2.05, 4.69) is 5.32 Å². The van der Waals surface area contributed by atoms with Crippen molar-refractivity contribution >= 4 is 11.8 Å². The van der Waals surface area contributed by atoms with Crippen LogP contribution in [0.25, 0.3) is 0 Å². The van der Waals surface area contributed by atoms with Crippen LogP contribution in [0.2, 0.25) is 0 Å². The number of methoxy groups -OCH3 is 2. The third kappa shape index (κ3) is 6.85. The summed E-state index contributed by atoms with van der Waals surface area (Å²) in [6, 6.07) is 24.6. The van der Waals surface area contributed by atoms with E-state index in [1.165, 1.54) is 6.92 Å². The Morgan fingerprint density at radius 3 is 2.03 bits per heavy atom. The lowest BCUT2D eigenvalue weighted by Crippen LogP contribution is -2.50. The summed E-state index contributed by atoms with van der Waals surface area (Å²) < 4.78 is 10.7. The molecule has 2 amide bonds. The van der Waals surface area contributed by atoms with E-state index < -0.39 is 6.04 Å². The Morgan fingerprint density at radius 1 is 0.824 bits per heavy atom. The van der Waals surface area contributed by atoms with Crippen LogP contribution < -0.4 is 14.8 Å². The summed E-state index contributed by atoms with van der Waals surface area (Å²) in [5.74, 6) is 1.01. The second-order valence-corrected chi connectivity index (χ2v) is 8.07. The van der Waals surface area contributed by atoms with Crippen molar-refractivity contribution in [3.05, 3.63) is 95.6 Å². The van der Waals surface area contributed by atoms with Crippen LogP contribution in [0, 0.1) is 0 Å². The van der Waals surface area contributed by atoms with Crippen LogP contribution in [0.5, 0.6) is 11.5 Å². The highest BCUT2D eigenvalue weighted by Crippen LogP contribution is 2.27. The first-order valence-corrected chi connectivity index (χ1v) is 11.4. The third-order valence-corrected chi connectivity index (χ3v) is 5.71. The summed E-state index contributed by atoms with van der Waals surface area (Å²) in [4.78, 5) is 27.6. The number of hydrogen-bond donors (Lipinski definition) is 1. The van der Waals surface area contributed by atoms with E-state index in [0.717, 1.165) is 16.7 Å². The van der Waals surface area contributed by atoms with Gasteiger partial charge >= 0.3 is 0 Å². The molecule has 0 radical (unpaired) electrons. The van der Waals surface area contributed by atoms with Crippen molar-refractivity contribution in [1.29, 1.82) is 0 Å². The van der Waals surface area contributed by atoms with E-state index >= 15 is 0 Å². The van der Waals surface area contributed by atoms with Crippen LogP contribution in [0.1, 0.15) is 23.6 Å². The van der Waals surface area contributed by atoms with Gasteiger partial charge in [-0.2, -0.15) is 0 Å². The highest BCUT2D eigenvalue weighted by Gasteiger charge is 2.28. The first-order valence-electron chi connectivity index (χ1n) is 11.4. The number of ether oxygens (including phenoxy) is 2. The Morgan fingerprint density at radius 2 is 1.44 bits per heavy atom. The number of rotatable bonds is 11. The molecule has 0 aliphatic heterocycles. The van der Waals surface area contributed by atoms with Gasteiger partial charge in [-0.3, -0.25) is 9.59 Å². The zero-order valence-electron chi connectivity index (χ0n) is 20.0. The number of carbonyl (C=O) groups is 2. The number of carbonyl (C=O) groups excluding carboxylic acids is 2. The second-order valence-electron chi connectivity index (χ2n) is 8.07. The highest BCUT2D eigenvalue weighted by molar-refractivity contribution is 5.87. The molecule has 0 spiro atoms. The molecule has 178 valence electrons. The molecule has 0 heterocycles. The number of hydrogen-bond acceptors (Lipinski definition) is 4. The van der Waals surface area contributed by atoms with Crippen molar-refractivity contribution < 1.29 is 19.1 Å². The van der Waals surface area contributed by atoms with Gasteiger partial charge in [-0.15, -0.1) is 0 Å². The fraction of sp³-hybridized carbons (Fsp3) is 0.286. The molecule has 0 aromatic heterocycles. The van der Waals surface area contributed by atoms with Gasteiger partial charge in [-0.05, 0) is 35.2 Å². The molecule has 34 heavy (non-hydrogen) atoms. The fourth-order valence-electron chi connectivity index (χ4n) is 3.89. The molecule has 1 atom stereocenters. The van der Waals surface area contributed by atoms with E-state index in [4.69, 9.17) is 9.47 Å². The summed E-state index contributed by atoms with van der Waals surface area (Å²) in [7, 11) is 3.20. The minimum atomic E-state index is -0.620. The normalized spacial score (nSPS) is 11.4. The maximum Gasteiger partial charge on any atom is 0.243 e. The van der Waals surface area contributed by atoms with E-state index in [1.54, 1.807) is 19.1 Å². The lowest BCUT2D eigenvalue weighted by molar-refractivity contribution is -0.139. The topological polar surface area (TPSA) is 67.9 Å². The molecule has 0 aliphatic carbocycles. The van der Waals surface area contributed by atoms with Crippen molar-refractivity contribution in [1.82, 2.24) is 10.2 Å². The van der Waals surface area contributed by atoms with Gasteiger partial charge in [0.25, 0.3) is 0 Å². The summed E-state index contributed by atoms with van der Waals surface area (Å²) in [6.45, 7) is 2.32. The molecule has 0 saturated heterocycles. The van der Waals surface area contributed by atoms with Gasteiger partial charge in [0.05, 0.1) is 14.2 Å². The minimum absolute atomic E-state index is 0.139. The van der Waals surface area contributed by atoms with Gasteiger partial charge in [0, 0.05) is 26.4 Å². The van der Waals surface area contributed by atoms with Crippen molar-refractivity contribution in [3.8, 4) is 11.5 Å². The van der Waals surface area contributed by atoms with Crippen molar-refractivity contribution in [3.63, 3.8) is 0 Å². The van der Waals surface area contributed by atoms with Gasteiger partial charge in [0.1, 0.15) is 6.04 Å². The lowest BCUT2D eigenvalue weighted by Gasteiger charge is -2.30. The summed E-state index contributed by atoms with van der Waals surface area (Å²) >= 11 is 0. The lowest BCUT2D eigenvalue weighted by atomic mass is 10.0. The molecule has 3 aromatic carbocycles. The largest absolute Gasteiger partial charge is 0.493 e. The molecule has 0 saturated carbocycles. The number of nitrogens with one attached hydrogen (secondary N) is 1. The van der Waals surface area contributed by atoms with Crippen LogP contribution in [0.4, 0.5) is 0 Å². The Kier molecular flexibility index (Phi) is 9.09. The molecule has 1 N–H and O–H groups in total. The molecule has 0 bridgehead atoms. The first kappa shape index (κ1) is 24.8. The van der Waals surface area contributed by atoms with Crippen LogP contribution in [-0.4, -0.2) is 43.5 Å². The van der Waals surface area contributed by atoms with Gasteiger partial charge in [-0.1, -0.05) is 66.7 Å². The van der Waals surface area contributed by atoms with Crippen LogP contribution in [0.3, 0.4) is 0 Å². The van der Waals surface area contributed by atoms with E-state index in [1.807, 2.05) is 78.9 Å². The maximum absolute atomic E-state index is 13.3. The minimum Gasteiger partial charge on any atom is -0.493 e. The van der Waals surface area contributed by atoms with Gasteiger partial charge in [0.2, 0.25) is 11.8 Å². The highest BCUT2D eigenvalue weighted by atomic mass is 16.5. The monoisotopic (exact) mass is 460 g/mol. The van der Waals surface area contributed by atoms with Crippen LogP contribution >= 0.6 is 0 Å². The average molecular weight is 461 g/mol. The first-order chi connectivity index (χ1) is 16.5. The van der Waals surface area contributed by atoms with E-state index in [-0.39, 0.29) is 11.8 Å². The smallest absolute Gasteiger partial charge is 0.243 e. The summed E-state index contributed by atoms with van der Waals surface area (Å²) in [5, 5.41) is 3.03. The van der Waals surface area contributed by atoms with E-state index in [9.17, 15) is 9.59 Å².